The van der Waals surface area contributed by atoms with Crippen LogP contribution in [0, 0.1) is 6.92 Å². The molecule has 1 aliphatic rings. The average Bonchev–Trinajstić information content (AvgIpc) is 2.56. The predicted octanol–water partition coefficient (Wildman–Crippen LogP) is 4.00. The first-order valence-corrected chi connectivity index (χ1v) is 9.35. The van der Waals surface area contributed by atoms with E-state index < -0.39 is 5.60 Å². The molecule has 26 heavy (non-hydrogen) atoms. The smallest absolute Gasteiger partial charge is 0.410 e. The second-order valence-electron chi connectivity index (χ2n) is 7.47. The second-order valence-corrected chi connectivity index (χ2v) is 7.74. The number of likely N-dealkylation sites (tertiary alicyclic amines) is 1. The van der Waals surface area contributed by atoms with E-state index in [1.807, 2.05) is 45.9 Å². The van der Waals surface area contributed by atoms with Gasteiger partial charge >= 0.3 is 6.09 Å². The van der Waals surface area contributed by atoms with E-state index in [-0.39, 0.29) is 18.1 Å². The van der Waals surface area contributed by atoms with Gasteiger partial charge in [0.2, 0.25) is 0 Å². The van der Waals surface area contributed by atoms with E-state index in [1.165, 1.54) is 0 Å². The molecule has 6 nitrogen and oxygen atoms in total. The number of rotatable bonds is 4. The number of nitrogens with zero attached hydrogens (tertiary/aromatic N) is 2. The number of aryl methyl sites for hydroxylation is 1. The number of halogens is 1. The van der Waals surface area contributed by atoms with Gasteiger partial charge in [-0.2, -0.15) is 0 Å². The third-order valence-corrected chi connectivity index (χ3v) is 4.23. The van der Waals surface area contributed by atoms with Gasteiger partial charge in [-0.3, -0.25) is 0 Å². The van der Waals surface area contributed by atoms with Crippen LogP contribution >= 0.6 is 11.6 Å². The summed E-state index contributed by atoms with van der Waals surface area (Å²) in [5.74, 6) is 1.41. The Labute approximate surface area is 160 Å². The Hall–Kier alpha value is -1.95. The van der Waals surface area contributed by atoms with E-state index in [2.05, 4.69) is 4.99 Å². The van der Waals surface area contributed by atoms with Crippen molar-refractivity contribution in [1.82, 2.24) is 4.90 Å². The number of alkyl halides is 1. The lowest BCUT2D eigenvalue weighted by molar-refractivity contribution is 0.0126. The molecule has 1 fully saturated rings. The third-order valence-electron chi connectivity index (χ3n) is 3.96. The fourth-order valence-electron chi connectivity index (χ4n) is 2.69. The summed E-state index contributed by atoms with van der Waals surface area (Å²) in [5.41, 5.74) is 6.94. The molecule has 2 rings (SSSR count). The fourth-order valence-corrected chi connectivity index (χ4v) is 2.75. The van der Waals surface area contributed by atoms with Gasteiger partial charge in [0.05, 0.1) is 11.6 Å². The molecule has 1 aliphatic heterocycles. The summed E-state index contributed by atoms with van der Waals surface area (Å²) < 4.78 is 11.5. The van der Waals surface area contributed by atoms with Gasteiger partial charge in [0.25, 0.3) is 0 Å². The molecule has 1 aromatic rings. The minimum atomic E-state index is -0.474. The van der Waals surface area contributed by atoms with E-state index in [0.717, 1.165) is 29.8 Å². The van der Waals surface area contributed by atoms with Crippen molar-refractivity contribution >= 4 is 29.2 Å². The maximum Gasteiger partial charge on any atom is 0.410 e. The first kappa shape index (κ1) is 20.4. The maximum absolute atomic E-state index is 12.1. The van der Waals surface area contributed by atoms with Crippen LogP contribution in [0.2, 0.25) is 0 Å². The largest absolute Gasteiger partial charge is 0.490 e. The Balaban J connectivity index is 1.90. The summed E-state index contributed by atoms with van der Waals surface area (Å²) in [6, 6.07) is 5.68. The zero-order chi connectivity index (χ0) is 19.3. The lowest BCUT2D eigenvalue weighted by atomic mass is 10.1. The quantitative estimate of drug-likeness (QED) is 0.485. The van der Waals surface area contributed by atoms with E-state index in [1.54, 1.807) is 4.90 Å². The zero-order valence-electron chi connectivity index (χ0n) is 15.9. The van der Waals surface area contributed by atoms with Crippen molar-refractivity contribution in [1.29, 1.82) is 0 Å². The van der Waals surface area contributed by atoms with Gasteiger partial charge in [-0.25, -0.2) is 9.79 Å². The molecule has 0 aromatic heterocycles. The van der Waals surface area contributed by atoms with Crippen molar-refractivity contribution in [3.63, 3.8) is 0 Å². The highest BCUT2D eigenvalue weighted by Gasteiger charge is 2.27. The van der Waals surface area contributed by atoms with Gasteiger partial charge in [-0.1, -0.05) is 0 Å². The molecule has 0 atom stereocenters. The number of hydrogen-bond acceptors (Lipinski definition) is 4. The SMILES string of the molecule is Cc1cc(N=C(N)CCl)ccc1OC1CCN(C(=O)OC(C)(C)C)CC1. The molecule has 0 unspecified atom stereocenters. The fraction of sp³-hybridized carbons (Fsp3) is 0.579. The molecular weight excluding hydrogens is 354 g/mol. The maximum atomic E-state index is 12.1. The minimum absolute atomic E-state index is 0.0784. The summed E-state index contributed by atoms with van der Waals surface area (Å²) >= 11 is 5.65. The topological polar surface area (TPSA) is 77.2 Å². The van der Waals surface area contributed by atoms with E-state index in [9.17, 15) is 4.79 Å². The average molecular weight is 382 g/mol. The van der Waals surface area contributed by atoms with Crippen LogP contribution in [0.4, 0.5) is 10.5 Å². The lowest BCUT2D eigenvalue weighted by Crippen LogP contribution is -2.44. The molecule has 0 aliphatic carbocycles. The Kier molecular flexibility index (Phi) is 6.75. The van der Waals surface area contributed by atoms with Crippen LogP contribution in [0.25, 0.3) is 0 Å². The van der Waals surface area contributed by atoms with E-state index in [4.69, 9.17) is 26.8 Å². The van der Waals surface area contributed by atoms with Crippen molar-refractivity contribution in [2.75, 3.05) is 19.0 Å². The van der Waals surface area contributed by atoms with E-state index >= 15 is 0 Å². The van der Waals surface area contributed by atoms with Gasteiger partial charge in [0.1, 0.15) is 23.3 Å². The zero-order valence-corrected chi connectivity index (χ0v) is 16.7. The molecule has 1 aromatic carbocycles. The number of aliphatic imine (C=N–C) groups is 1. The van der Waals surface area contributed by atoms with Crippen LogP contribution in [0.1, 0.15) is 39.2 Å². The first-order chi connectivity index (χ1) is 12.2. The van der Waals surface area contributed by atoms with Gasteiger partial charge in [-0.05, 0) is 51.5 Å². The summed E-state index contributed by atoms with van der Waals surface area (Å²) in [5, 5.41) is 0. The van der Waals surface area contributed by atoms with Gasteiger partial charge in [0.15, 0.2) is 0 Å². The van der Waals surface area contributed by atoms with Gasteiger partial charge in [0, 0.05) is 25.9 Å². The summed E-state index contributed by atoms with van der Waals surface area (Å²) in [6.45, 7) is 8.86. The summed E-state index contributed by atoms with van der Waals surface area (Å²) in [7, 11) is 0. The van der Waals surface area contributed by atoms with Gasteiger partial charge < -0.3 is 20.1 Å². The Morgan fingerprint density at radius 2 is 2.00 bits per heavy atom. The molecule has 1 heterocycles. The number of hydrogen-bond donors (Lipinski definition) is 1. The predicted molar refractivity (Wildman–Crippen MR) is 105 cm³/mol. The number of amidine groups is 1. The Bertz CT molecular complexity index is 662. The van der Waals surface area contributed by atoms with Crippen LogP contribution < -0.4 is 10.5 Å². The van der Waals surface area contributed by atoms with Crippen LogP contribution in [-0.2, 0) is 4.74 Å². The monoisotopic (exact) mass is 381 g/mol. The molecule has 0 spiro atoms. The molecule has 1 saturated heterocycles. The number of piperidine rings is 1. The first-order valence-electron chi connectivity index (χ1n) is 8.82. The molecule has 7 heteroatoms. The standard InChI is InChI=1S/C19H28ClN3O3/c1-13-11-14(22-17(21)12-20)5-6-16(13)25-15-7-9-23(10-8-15)18(24)26-19(2,3)4/h5-6,11,15H,7-10,12H2,1-4H3,(H2,21,22). The van der Waals surface area contributed by atoms with Crippen LogP contribution in [-0.4, -0.2) is 47.5 Å². The van der Waals surface area contributed by atoms with Crippen LogP contribution in [0.15, 0.2) is 23.2 Å². The highest BCUT2D eigenvalue weighted by Crippen LogP contribution is 2.27. The second kappa shape index (κ2) is 8.62. The number of carbonyl (C=O) groups is 1. The Morgan fingerprint density at radius 1 is 1.35 bits per heavy atom. The van der Waals surface area contributed by atoms with Crippen molar-refractivity contribution in [2.24, 2.45) is 10.7 Å². The van der Waals surface area contributed by atoms with E-state index in [0.29, 0.717) is 18.9 Å². The third kappa shape index (κ3) is 6.09. The lowest BCUT2D eigenvalue weighted by Gasteiger charge is -2.33. The molecule has 0 saturated carbocycles. The highest BCUT2D eigenvalue weighted by atomic mass is 35.5. The molecule has 2 N–H and O–H groups in total. The highest BCUT2D eigenvalue weighted by molar-refractivity contribution is 6.28. The van der Waals surface area contributed by atoms with Crippen LogP contribution in [0.5, 0.6) is 5.75 Å². The normalized spacial score (nSPS) is 16.5. The molecule has 0 radical (unpaired) electrons. The molecule has 0 bridgehead atoms. The molecule has 1 amide bonds. The molecule has 144 valence electrons. The van der Waals surface area contributed by atoms with Crippen molar-refractivity contribution in [3.05, 3.63) is 23.8 Å². The molecular formula is C19H28ClN3O3. The van der Waals surface area contributed by atoms with Crippen LogP contribution in [0.3, 0.4) is 0 Å². The Morgan fingerprint density at radius 3 is 2.54 bits per heavy atom. The van der Waals surface area contributed by atoms with Gasteiger partial charge in [-0.15, -0.1) is 11.6 Å². The van der Waals surface area contributed by atoms with Crippen molar-refractivity contribution in [2.45, 2.75) is 52.2 Å². The number of benzene rings is 1. The van der Waals surface area contributed by atoms with Crippen molar-refractivity contribution in [3.8, 4) is 5.75 Å². The summed E-state index contributed by atoms with van der Waals surface area (Å²) in [6.07, 6.45) is 1.37. The van der Waals surface area contributed by atoms with Crippen molar-refractivity contribution < 1.29 is 14.3 Å². The number of carbonyl (C=O) groups excluding carboxylic acids is 1. The number of nitrogens with two attached hydrogens (primary N) is 1. The minimum Gasteiger partial charge on any atom is -0.490 e. The number of amides is 1. The summed E-state index contributed by atoms with van der Waals surface area (Å²) in [4.78, 5) is 18.1. The number of ether oxygens (including phenoxy) is 2.